The Labute approximate surface area is 108 Å². The first kappa shape index (κ1) is 15.0. The second-order valence-electron chi connectivity index (χ2n) is 4.73. The Bertz CT molecular complexity index is 262. The molecule has 1 aliphatic carbocycles. The number of amides is 1. The number of carboxylic acid groups (broad SMARTS) is 1. The van der Waals surface area contributed by atoms with Crippen molar-refractivity contribution in [1.82, 2.24) is 5.32 Å². The van der Waals surface area contributed by atoms with Crippen LogP contribution in [0.4, 0.5) is 0 Å². The number of ether oxygens (including phenoxy) is 1. The van der Waals surface area contributed by atoms with Gasteiger partial charge in [0.2, 0.25) is 5.91 Å². The van der Waals surface area contributed by atoms with Crippen molar-refractivity contribution >= 4 is 11.9 Å². The number of carbonyl (C=O) groups excluding carboxylic acids is 1. The van der Waals surface area contributed by atoms with Crippen LogP contribution in [-0.4, -0.2) is 36.2 Å². The van der Waals surface area contributed by atoms with Crippen LogP contribution >= 0.6 is 0 Å². The summed E-state index contributed by atoms with van der Waals surface area (Å²) in [5.41, 5.74) is 0. The minimum absolute atomic E-state index is 0.0181. The van der Waals surface area contributed by atoms with E-state index in [1.165, 1.54) is 12.8 Å². The summed E-state index contributed by atoms with van der Waals surface area (Å²) in [6, 6.07) is 0. The number of hydrogen-bond donors (Lipinski definition) is 2. The van der Waals surface area contributed by atoms with Crippen LogP contribution in [0.25, 0.3) is 0 Å². The van der Waals surface area contributed by atoms with Crippen LogP contribution in [0.2, 0.25) is 0 Å². The maximum atomic E-state index is 11.4. The third-order valence-corrected chi connectivity index (χ3v) is 3.12. The quantitative estimate of drug-likeness (QED) is 0.616. The molecular formula is C13H23NO4. The standard InChI is InChI=1S/C13H23NO4/c15-12(7-3-4-8-13(16)17)14-9-10-18-11-5-1-2-6-11/h11H,1-10H2,(H,14,15)(H,16,17). The van der Waals surface area contributed by atoms with Gasteiger partial charge in [0, 0.05) is 19.4 Å². The van der Waals surface area contributed by atoms with Crippen LogP contribution in [-0.2, 0) is 14.3 Å². The summed E-state index contributed by atoms with van der Waals surface area (Å²) in [7, 11) is 0. The molecule has 104 valence electrons. The molecule has 0 saturated heterocycles. The summed E-state index contributed by atoms with van der Waals surface area (Å²) in [6.07, 6.45) is 6.89. The Kier molecular flexibility index (Phi) is 7.41. The molecule has 0 heterocycles. The average Bonchev–Trinajstić information content (AvgIpc) is 2.83. The van der Waals surface area contributed by atoms with Crippen molar-refractivity contribution < 1.29 is 19.4 Å². The first-order chi connectivity index (χ1) is 8.68. The predicted octanol–water partition coefficient (Wildman–Crippen LogP) is 1.71. The summed E-state index contributed by atoms with van der Waals surface area (Å²) in [5, 5.41) is 11.2. The molecule has 1 rings (SSSR count). The van der Waals surface area contributed by atoms with Crippen LogP contribution in [0.1, 0.15) is 51.4 Å². The van der Waals surface area contributed by atoms with Gasteiger partial charge >= 0.3 is 5.97 Å². The lowest BCUT2D eigenvalue weighted by molar-refractivity contribution is -0.137. The van der Waals surface area contributed by atoms with E-state index in [0.717, 1.165) is 12.8 Å². The topological polar surface area (TPSA) is 75.6 Å². The molecule has 1 fully saturated rings. The summed E-state index contributed by atoms with van der Waals surface area (Å²) in [4.78, 5) is 21.6. The van der Waals surface area contributed by atoms with Crippen LogP contribution in [0.3, 0.4) is 0 Å². The summed E-state index contributed by atoms with van der Waals surface area (Å²) < 4.78 is 5.62. The van der Waals surface area contributed by atoms with Crippen molar-refractivity contribution in [2.24, 2.45) is 0 Å². The SMILES string of the molecule is O=C(O)CCCCC(=O)NCCOC1CCCC1. The number of carboxylic acids is 1. The van der Waals surface area contributed by atoms with Crippen molar-refractivity contribution in [2.75, 3.05) is 13.2 Å². The van der Waals surface area contributed by atoms with E-state index in [9.17, 15) is 9.59 Å². The first-order valence-electron chi connectivity index (χ1n) is 6.78. The number of unbranched alkanes of at least 4 members (excludes halogenated alkanes) is 1. The Morgan fingerprint density at radius 1 is 1.17 bits per heavy atom. The molecule has 0 aromatic rings. The van der Waals surface area contributed by atoms with E-state index in [-0.39, 0.29) is 12.3 Å². The molecule has 1 amide bonds. The zero-order valence-corrected chi connectivity index (χ0v) is 10.8. The van der Waals surface area contributed by atoms with Gasteiger partial charge < -0.3 is 15.2 Å². The van der Waals surface area contributed by atoms with Gasteiger partial charge in [0.15, 0.2) is 0 Å². The molecule has 0 aromatic heterocycles. The van der Waals surface area contributed by atoms with Gasteiger partial charge in [-0.3, -0.25) is 9.59 Å². The molecule has 2 N–H and O–H groups in total. The normalized spacial score (nSPS) is 15.8. The fourth-order valence-corrected chi connectivity index (χ4v) is 2.12. The minimum atomic E-state index is -0.805. The van der Waals surface area contributed by atoms with E-state index >= 15 is 0 Å². The Hall–Kier alpha value is -1.10. The number of nitrogens with one attached hydrogen (secondary N) is 1. The van der Waals surface area contributed by atoms with Crippen molar-refractivity contribution in [2.45, 2.75) is 57.5 Å². The lowest BCUT2D eigenvalue weighted by atomic mass is 10.2. The Balaban J connectivity index is 1.88. The minimum Gasteiger partial charge on any atom is -0.481 e. The third-order valence-electron chi connectivity index (χ3n) is 3.12. The van der Waals surface area contributed by atoms with E-state index in [1.807, 2.05) is 0 Å². The fourth-order valence-electron chi connectivity index (χ4n) is 2.12. The van der Waals surface area contributed by atoms with E-state index < -0.39 is 5.97 Å². The third kappa shape index (κ3) is 7.27. The van der Waals surface area contributed by atoms with Crippen LogP contribution in [0, 0.1) is 0 Å². The molecule has 0 aliphatic heterocycles. The molecule has 0 aromatic carbocycles. The highest BCUT2D eigenvalue weighted by molar-refractivity contribution is 5.75. The molecule has 0 spiro atoms. The number of carbonyl (C=O) groups is 2. The molecule has 1 aliphatic rings. The molecule has 5 heteroatoms. The van der Waals surface area contributed by atoms with Crippen molar-refractivity contribution in [3.63, 3.8) is 0 Å². The largest absolute Gasteiger partial charge is 0.481 e. The van der Waals surface area contributed by atoms with Crippen LogP contribution < -0.4 is 5.32 Å². The van der Waals surface area contributed by atoms with Crippen LogP contribution in [0.5, 0.6) is 0 Å². The van der Waals surface area contributed by atoms with Gasteiger partial charge in [-0.05, 0) is 25.7 Å². The zero-order chi connectivity index (χ0) is 13.2. The predicted molar refractivity (Wildman–Crippen MR) is 67.3 cm³/mol. The smallest absolute Gasteiger partial charge is 0.303 e. The molecule has 0 atom stereocenters. The highest BCUT2D eigenvalue weighted by atomic mass is 16.5. The van der Waals surface area contributed by atoms with Crippen molar-refractivity contribution in [3.8, 4) is 0 Å². The second kappa shape index (κ2) is 8.91. The lowest BCUT2D eigenvalue weighted by Crippen LogP contribution is -2.28. The van der Waals surface area contributed by atoms with E-state index in [4.69, 9.17) is 9.84 Å². The summed E-state index contributed by atoms with van der Waals surface area (Å²) in [6.45, 7) is 1.12. The molecule has 0 unspecified atom stereocenters. The highest BCUT2D eigenvalue weighted by Gasteiger charge is 2.14. The number of rotatable bonds is 9. The van der Waals surface area contributed by atoms with Crippen molar-refractivity contribution in [3.05, 3.63) is 0 Å². The molecule has 5 nitrogen and oxygen atoms in total. The molecule has 1 saturated carbocycles. The van der Waals surface area contributed by atoms with Gasteiger partial charge in [0.25, 0.3) is 0 Å². The highest BCUT2D eigenvalue weighted by Crippen LogP contribution is 2.20. The lowest BCUT2D eigenvalue weighted by Gasteiger charge is -2.11. The number of aliphatic carboxylic acids is 1. The summed E-state index contributed by atoms with van der Waals surface area (Å²) >= 11 is 0. The zero-order valence-electron chi connectivity index (χ0n) is 10.8. The maximum Gasteiger partial charge on any atom is 0.303 e. The molecule has 18 heavy (non-hydrogen) atoms. The summed E-state index contributed by atoms with van der Waals surface area (Å²) in [5.74, 6) is -0.823. The second-order valence-corrected chi connectivity index (χ2v) is 4.73. The Morgan fingerprint density at radius 3 is 2.50 bits per heavy atom. The number of hydrogen-bond acceptors (Lipinski definition) is 3. The van der Waals surface area contributed by atoms with Gasteiger partial charge in [0.05, 0.1) is 12.7 Å². The van der Waals surface area contributed by atoms with E-state index in [0.29, 0.717) is 38.5 Å². The molecule has 0 radical (unpaired) electrons. The molecular weight excluding hydrogens is 234 g/mol. The van der Waals surface area contributed by atoms with Gasteiger partial charge in [-0.2, -0.15) is 0 Å². The monoisotopic (exact) mass is 257 g/mol. The van der Waals surface area contributed by atoms with Gasteiger partial charge in [-0.15, -0.1) is 0 Å². The Morgan fingerprint density at radius 2 is 1.83 bits per heavy atom. The maximum absolute atomic E-state index is 11.4. The van der Waals surface area contributed by atoms with Crippen LogP contribution in [0.15, 0.2) is 0 Å². The van der Waals surface area contributed by atoms with E-state index in [1.54, 1.807) is 0 Å². The first-order valence-corrected chi connectivity index (χ1v) is 6.78. The average molecular weight is 257 g/mol. The van der Waals surface area contributed by atoms with Crippen molar-refractivity contribution in [1.29, 1.82) is 0 Å². The van der Waals surface area contributed by atoms with E-state index in [2.05, 4.69) is 5.32 Å². The van der Waals surface area contributed by atoms with Gasteiger partial charge in [-0.1, -0.05) is 12.8 Å². The molecule has 0 bridgehead atoms. The van der Waals surface area contributed by atoms with Gasteiger partial charge in [-0.25, -0.2) is 0 Å². The fraction of sp³-hybridized carbons (Fsp3) is 0.846. The van der Waals surface area contributed by atoms with Gasteiger partial charge in [0.1, 0.15) is 0 Å².